The molecule has 0 radical (unpaired) electrons. The Morgan fingerprint density at radius 2 is 1.72 bits per heavy atom. The molecule has 36 heavy (non-hydrogen) atoms. The molecule has 9 heteroatoms. The SMILES string of the molecule is Cc1cc(NC(=O)COC(=O)[C@H]2CC(=O)N(c3ccc(Oc4ccc(C(C)(C)C)cc4)cc3)C2)no1. The van der Waals surface area contributed by atoms with E-state index in [1.54, 1.807) is 37.3 Å². The van der Waals surface area contributed by atoms with Gasteiger partial charge in [-0.2, -0.15) is 0 Å². The van der Waals surface area contributed by atoms with Crippen LogP contribution < -0.4 is 15.0 Å². The number of anilines is 2. The van der Waals surface area contributed by atoms with Gasteiger partial charge in [-0.3, -0.25) is 14.4 Å². The van der Waals surface area contributed by atoms with E-state index in [-0.39, 0.29) is 30.1 Å². The molecule has 0 aliphatic carbocycles. The van der Waals surface area contributed by atoms with Gasteiger partial charge < -0.3 is 24.2 Å². The van der Waals surface area contributed by atoms with Gasteiger partial charge in [-0.15, -0.1) is 0 Å². The average molecular weight is 492 g/mol. The highest BCUT2D eigenvalue weighted by molar-refractivity contribution is 6.00. The Bertz CT molecular complexity index is 1240. The highest BCUT2D eigenvalue weighted by Crippen LogP contribution is 2.30. The molecule has 1 fully saturated rings. The van der Waals surface area contributed by atoms with Crippen LogP contribution in [0.5, 0.6) is 11.5 Å². The second kappa shape index (κ2) is 10.2. The monoisotopic (exact) mass is 491 g/mol. The van der Waals surface area contributed by atoms with Gasteiger partial charge in [0.2, 0.25) is 5.91 Å². The van der Waals surface area contributed by atoms with E-state index in [0.29, 0.717) is 17.2 Å². The van der Waals surface area contributed by atoms with Crippen LogP contribution in [0.15, 0.2) is 59.1 Å². The lowest BCUT2D eigenvalue weighted by Crippen LogP contribution is -2.28. The van der Waals surface area contributed by atoms with Crippen molar-refractivity contribution in [3.8, 4) is 11.5 Å². The Labute approximate surface area is 209 Å². The lowest BCUT2D eigenvalue weighted by molar-refractivity contribution is -0.151. The lowest BCUT2D eigenvalue weighted by Gasteiger charge is -2.19. The minimum atomic E-state index is -0.656. The fourth-order valence-corrected chi connectivity index (χ4v) is 3.83. The van der Waals surface area contributed by atoms with Gasteiger partial charge in [-0.25, -0.2) is 0 Å². The van der Waals surface area contributed by atoms with E-state index >= 15 is 0 Å². The molecule has 1 atom stereocenters. The van der Waals surface area contributed by atoms with E-state index in [4.69, 9.17) is 14.0 Å². The molecule has 2 heterocycles. The lowest BCUT2D eigenvalue weighted by atomic mass is 9.87. The molecule has 0 bridgehead atoms. The Morgan fingerprint density at radius 1 is 1.08 bits per heavy atom. The number of aryl methyl sites for hydroxylation is 1. The normalized spacial score (nSPS) is 15.6. The van der Waals surface area contributed by atoms with Crippen LogP contribution in [0.3, 0.4) is 0 Å². The number of esters is 1. The van der Waals surface area contributed by atoms with E-state index < -0.39 is 24.4 Å². The molecule has 4 rings (SSSR count). The molecule has 0 unspecified atom stereocenters. The molecule has 1 N–H and O–H groups in total. The van der Waals surface area contributed by atoms with E-state index in [2.05, 4.69) is 31.2 Å². The first-order chi connectivity index (χ1) is 17.1. The largest absolute Gasteiger partial charge is 0.457 e. The number of benzene rings is 2. The highest BCUT2D eigenvalue weighted by Gasteiger charge is 2.36. The first-order valence-electron chi connectivity index (χ1n) is 11.7. The first kappa shape index (κ1) is 25.0. The smallest absolute Gasteiger partial charge is 0.311 e. The van der Waals surface area contributed by atoms with E-state index in [1.165, 1.54) is 10.5 Å². The highest BCUT2D eigenvalue weighted by atomic mass is 16.5. The number of carbonyl (C=O) groups is 3. The van der Waals surface area contributed by atoms with Crippen LogP contribution in [0.25, 0.3) is 0 Å². The van der Waals surface area contributed by atoms with Crippen molar-refractivity contribution in [2.45, 2.75) is 39.5 Å². The fraction of sp³-hybridized carbons (Fsp3) is 0.333. The number of hydrogen-bond donors (Lipinski definition) is 1. The van der Waals surface area contributed by atoms with Crippen LogP contribution in [0.1, 0.15) is 38.5 Å². The van der Waals surface area contributed by atoms with Gasteiger partial charge in [0.1, 0.15) is 17.3 Å². The standard InChI is InChI=1S/C27H29N3O6/c1-17-13-23(29-36-17)28-24(31)16-34-26(33)18-14-25(32)30(15-18)20-7-11-22(12-8-20)35-21-9-5-19(6-10-21)27(2,3)4/h5-13,18H,14-16H2,1-4H3,(H,28,29,31)/t18-/m0/s1. The molecule has 2 amide bonds. The molecule has 0 saturated carbocycles. The predicted octanol–water partition coefficient (Wildman–Crippen LogP) is 4.61. The summed E-state index contributed by atoms with van der Waals surface area (Å²) in [5.74, 6) is 0.156. The maximum atomic E-state index is 12.5. The molecule has 2 aromatic carbocycles. The second-order valence-electron chi connectivity index (χ2n) is 9.75. The van der Waals surface area contributed by atoms with Crippen molar-refractivity contribution in [3.63, 3.8) is 0 Å². The summed E-state index contributed by atoms with van der Waals surface area (Å²) in [6, 6.07) is 16.6. The number of aromatic nitrogens is 1. The third-order valence-electron chi connectivity index (χ3n) is 5.80. The van der Waals surface area contributed by atoms with Gasteiger partial charge in [0.15, 0.2) is 12.4 Å². The predicted molar refractivity (Wildman–Crippen MR) is 133 cm³/mol. The topological polar surface area (TPSA) is 111 Å². The first-order valence-corrected chi connectivity index (χ1v) is 11.7. The van der Waals surface area contributed by atoms with Crippen molar-refractivity contribution in [2.75, 3.05) is 23.4 Å². The molecule has 1 aliphatic heterocycles. The summed E-state index contributed by atoms with van der Waals surface area (Å²) >= 11 is 0. The van der Waals surface area contributed by atoms with E-state index in [0.717, 1.165) is 5.75 Å². The second-order valence-corrected chi connectivity index (χ2v) is 9.75. The summed E-state index contributed by atoms with van der Waals surface area (Å²) in [4.78, 5) is 38.5. The van der Waals surface area contributed by atoms with Crippen molar-refractivity contribution in [1.29, 1.82) is 0 Å². The average Bonchev–Trinajstić information content (AvgIpc) is 3.43. The van der Waals surface area contributed by atoms with Crippen molar-refractivity contribution >= 4 is 29.3 Å². The maximum Gasteiger partial charge on any atom is 0.311 e. The molecular formula is C27H29N3O6. The van der Waals surface area contributed by atoms with Crippen molar-refractivity contribution in [2.24, 2.45) is 5.92 Å². The fourth-order valence-electron chi connectivity index (χ4n) is 3.83. The minimum Gasteiger partial charge on any atom is -0.457 e. The molecule has 1 aromatic heterocycles. The van der Waals surface area contributed by atoms with Crippen LogP contribution in [0, 0.1) is 12.8 Å². The summed E-state index contributed by atoms with van der Waals surface area (Å²) in [6.07, 6.45) is 0.0152. The van der Waals surface area contributed by atoms with Gasteiger partial charge in [0.05, 0.1) is 5.92 Å². The molecule has 0 spiro atoms. The summed E-state index contributed by atoms with van der Waals surface area (Å²) in [5.41, 5.74) is 1.94. The molecule has 1 saturated heterocycles. The number of amides is 2. The van der Waals surface area contributed by atoms with E-state index in [9.17, 15) is 14.4 Å². The van der Waals surface area contributed by atoms with Crippen molar-refractivity contribution < 1.29 is 28.4 Å². The molecule has 9 nitrogen and oxygen atoms in total. The Kier molecular flexibility index (Phi) is 7.10. The zero-order chi connectivity index (χ0) is 25.9. The zero-order valence-electron chi connectivity index (χ0n) is 20.7. The van der Waals surface area contributed by atoms with Gasteiger partial charge in [-0.05, 0) is 54.3 Å². The maximum absolute atomic E-state index is 12.5. The summed E-state index contributed by atoms with van der Waals surface area (Å²) in [6.45, 7) is 7.86. The number of ether oxygens (including phenoxy) is 2. The van der Waals surface area contributed by atoms with Crippen molar-refractivity contribution in [1.82, 2.24) is 5.16 Å². The van der Waals surface area contributed by atoms with Crippen LogP contribution in [-0.2, 0) is 24.5 Å². The number of nitrogens with one attached hydrogen (secondary N) is 1. The number of carbonyl (C=O) groups excluding carboxylic acids is 3. The van der Waals surface area contributed by atoms with Gasteiger partial charge in [0.25, 0.3) is 5.91 Å². The van der Waals surface area contributed by atoms with Gasteiger partial charge >= 0.3 is 5.97 Å². The van der Waals surface area contributed by atoms with Crippen molar-refractivity contribution in [3.05, 3.63) is 65.9 Å². The molecule has 188 valence electrons. The third-order valence-corrected chi connectivity index (χ3v) is 5.80. The summed E-state index contributed by atoms with van der Waals surface area (Å²) in [7, 11) is 0. The van der Waals surface area contributed by atoms with Crippen LogP contribution in [-0.4, -0.2) is 36.1 Å². The minimum absolute atomic E-state index is 0.0152. The third kappa shape index (κ3) is 6.10. The zero-order valence-corrected chi connectivity index (χ0v) is 20.7. The molecule has 3 aromatic rings. The van der Waals surface area contributed by atoms with Crippen LogP contribution in [0.4, 0.5) is 11.5 Å². The number of hydrogen-bond acceptors (Lipinski definition) is 7. The number of nitrogens with zero attached hydrogens (tertiary/aromatic N) is 2. The molecular weight excluding hydrogens is 462 g/mol. The Balaban J connectivity index is 1.29. The van der Waals surface area contributed by atoms with Crippen LogP contribution in [0.2, 0.25) is 0 Å². The Hall–Kier alpha value is -4.14. The van der Waals surface area contributed by atoms with Gasteiger partial charge in [0, 0.05) is 24.7 Å². The quantitative estimate of drug-likeness (QED) is 0.481. The summed E-state index contributed by atoms with van der Waals surface area (Å²) in [5, 5.41) is 6.12. The van der Waals surface area contributed by atoms with E-state index in [1.807, 2.05) is 24.3 Å². The Morgan fingerprint density at radius 3 is 2.31 bits per heavy atom. The van der Waals surface area contributed by atoms with Crippen LogP contribution >= 0.6 is 0 Å². The molecule has 1 aliphatic rings. The van der Waals surface area contributed by atoms with Gasteiger partial charge in [-0.1, -0.05) is 38.1 Å². The summed E-state index contributed by atoms with van der Waals surface area (Å²) < 4.78 is 15.9. The number of rotatable bonds is 7.